The molecule has 0 bridgehead atoms. The van der Waals surface area contributed by atoms with Gasteiger partial charge in [-0.2, -0.15) is 0 Å². The third kappa shape index (κ3) is 2.45. The largest absolute Gasteiger partial charge is 0.477 e. The van der Waals surface area contributed by atoms with Crippen LogP contribution in [0.15, 0.2) is 11.4 Å². The summed E-state index contributed by atoms with van der Waals surface area (Å²) in [6.45, 7) is 4.22. The number of hydrogen-bond donors (Lipinski definition) is 1. The molecule has 2 atom stereocenters. The molecule has 1 fully saturated rings. The maximum atomic E-state index is 10.8. The molecule has 2 heterocycles. The Bertz CT molecular complexity index is 416. The molecule has 1 aromatic rings. The zero-order valence-corrected chi connectivity index (χ0v) is 11.2. The maximum absolute atomic E-state index is 10.8. The summed E-state index contributed by atoms with van der Waals surface area (Å²) in [6.07, 6.45) is 0. The molecular formula is C12H18N2O2S. The topological polar surface area (TPSA) is 43.8 Å². The molecule has 1 aliphatic rings. The van der Waals surface area contributed by atoms with E-state index in [1.54, 1.807) is 6.07 Å². The van der Waals surface area contributed by atoms with E-state index in [0.29, 0.717) is 16.8 Å². The molecule has 0 aliphatic carbocycles. The van der Waals surface area contributed by atoms with Gasteiger partial charge in [0.2, 0.25) is 0 Å². The van der Waals surface area contributed by atoms with Gasteiger partial charge >= 0.3 is 5.97 Å². The minimum atomic E-state index is -0.836. The molecular weight excluding hydrogens is 236 g/mol. The van der Waals surface area contributed by atoms with Gasteiger partial charge in [-0.05, 0) is 26.1 Å². The normalized spacial score (nSPS) is 24.6. The summed E-state index contributed by atoms with van der Waals surface area (Å²) in [5.41, 5.74) is 1.05. The number of carboxylic acid groups (broad SMARTS) is 1. The standard InChI is InChI=1S/C12H18N2O2S/c1-8-5-14(6-10(8)13(2)3)9-4-11(12(15)16)17-7-9/h4,7-8,10H,5-6H2,1-3H3,(H,15,16). The number of thiophene rings is 1. The van der Waals surface area contributed by atoms with Gasteiger partial charge in [0.05, 0.1) is 0 Å². The molecule has 2 rings (SSSR count). The Morgan fingerprint density at radius 2 is 2.24 bits per heavy atom. The highest BCUT2D eigenvalue weighted by Crippen LogP contribution is 2.29. The molecule has 1 aliphatic heterocycles. The van der Waals surface area contributed by atoms with Crippen LogP contribution in [0, 0.1) is 5.92 Å². The lowest BCUT2D eigenvalue weighted by Crippen LogP contribution is -2.34. The lowest BCUT2D eigenvalue weighted by Gasteiger charge is -2.22. The van der Waals surface area contributed by atoms with E-state index in [1.807, 2.05) is 5.38 Å². The van der Waals surface area contributed by atoms with E-state index < -0.39 is 5.97 Å². The van der Waals surface area contributed by atoms with E-state index in [1.165, 1.54) is 11.3 Å². The fourth-order valence-electron chi connectivity index (χ4n) is 2.44. The molecule has 1 N–H and O–H groups in total. The number of carboxylic acids is 1. The van der Waals surface area contributed by atoms with Crippen molar-refractivity contribution in [2.45, 2.75) is 13.0 Å². The Balaban J connectivity index is 2.11. The van der Waals surface area contributed by atoms with E-state index in [9.17, 15) is 4.79 Å². The second kappa shape index (κ2) is 4.66. The number of rotatable bonds is 3. The number of anilines is 1. The summed E-state index contributed by atoms with van der Waals surface area (Å²) < 4.78 is 0. The van der Waals surface area contributed by atoms with Gasteiger partial charge in [0.25, 0.3) is 0 Å². The molecule has 0 aromatic carbocycles. The Hall–Kier alpha value is -1.07. The third-order valence-corrected chi connectivity index (χ3v) is 4.30. The SMILES string of the molecule is CC1CN(c2csc(C(=O)O)c2)CC1N(C)C. The monoisotopic (exact) mass is 254 g/mol. The van der Waals surface area contributed by atoms with Crippen molar-refractivity contribution in [1.82, 2.24) is 4.90 Å². The fourth-order valence-corrected chi connectivity index (χ4v) is 3.19. The summed E-state index contributed by atoms with van der Waals surface area (Å²) in [4.78, 5) is 15.8. The van der Waals surface area contributed by atoms with Crippen LogP contribution in [0.1, 0.15) is 16.6 Å². The molecule has 94 valence electrons. The van der Waals surface area contributed by atoms with Crippen LogP contribution in [-0.4, -0.2) is 49.2 Å². The molecule has 1 aromatic heterocycles. The summed E-state index contributed by atoms with van der Waals surface area (Å²) in [6, 6.07) is 2.32. The van der Waals surface area contributed by atoms with E-state index in [4.69, 9.17) is 5.11 Å². The van der Waals surface area contributed by atoms with Crippen LogP contribution in [0.4, 0.5) is 5.69 Å². The molecule has 1 saturated heterocycles. The van der Waals surface area contributed by atoms with Crippen LogP contribution in [0.25, 0.3) is 0 Å². The molecule has 0 spiro atoms. The average molecular weight is 254 g/mol. The first-order chi connectivity index (χ1) is 7.99. The number of nitrogens with zero attached hydrogens (tertiary/aromatic N) is 2. The number of aromatic carboxylic acids is 1. The highest BCUT2D eigenvalue weighted by molar-refractivity contribution is 7.12. The molecule has 5 heteroatoms. The number of hydrogen-bond acceptors (Lipinski definition) is 4. The maximum Gasteiger partial charge on any atom is 0.345 e. The summed E-state index contributed by atoms with van der Waals surface area (Å²) in [5.74, 6) is -0.226. The first kappa shape index (κ1) is 12.4. The quantitative estimate of drug-likeness (QED) is 0.894. The van der Waals surface area contributed by atoms with Crippen molar-refractivity contribution in [2.75, 3.05) is 32.1 Å². The van der Waals surface area contributed by atoms with Gasteiger partial charge in [0.1, 0.15) is 4.88 Å². The predicted molar refractivity (Wildman–Crippen MR) is 70.1 cm³/mol. The first-order valence-corrected chi connectivity index (χ1v) is 6.60. The van der Waals surface area contributed by atoms with Crippen LogP contribution in [0.2, 0.25) is 0 Å². The van der Waals surface area contributed by atoms with Crippen LogP contribution in [-0.2, 0) is 0 Å². The number of likely N-dealkylation sites (N-methyl/N-ethyl adjacent to an activating group) is 1. The van der Waals surface area contributed by atoms with Gasteiger partial charge in [-0.15, -0.1) is 11.3 Å². The van der Waals surface area contributed by atoms with E-state index in [2.05, 4.69) is 30.8 Å². The Morgan fingerprint density at radius 1 is 1.53 bits per heavy atom. The fraction of sp³-hybridized carbons (Fsp3) is 0.583. The highest BCUT2D eigenvalue weighted by Gasteiger charge is 2.31. The van der Waals surface area contributed by atoms with Gasteiger partial charge in [-0.1, -0.05) is 6.92 Å². The lowest BCUT2D eigenvalue weighted by atomic mass is 10.1. The highest BCUT2D eigenvalue weighted by atomic mass is 32.1. The van der Waals surface area contributed by atoms with Crippen molar-refractivity contribution < 1.29 is 9.90 Å². The second-order valence-corrected chi connectivity index (χ2v) is 5.80. The smallest absolute Gasteiger partial charge is 0.345 e. The van der Waals surface area contributed by atoms with Gasteiger partial charge in [-0.3, -0.25) is 0 Å². The van der Waals surface area contributed by atoms with Crippen molar-refractivity contribution in [3.63, 3.8) is 0 Å². The van der Waals surface area contributed by atoms with Crippen LogP contribution in [0.5, 0.6) is 0 Å². The molecule has 2 unspecified atom stereocenters. The van der Waals surface area contributed by atoms with Crippen molar-refractivity contribution >= 4 is 23.0 Å². The van der Waals surface area contributed by atoms with Crippen molar-refractivity contribution in [3.8, 4) is 0 Å². The number of carbonyl (C=O) groups is 1. The Morgan fingerprint density at radius 3 is 2.71 bits per heavy atom. The van der Waals surface area contributed by atoms with Gasteiger partial charge in [-0.25, -0.2) is 4.79 Å². The zero-order chi connectivity index (χ0) is 12.6. The van der Waals surface area contributed by atoms with Crippen LogP contribution < -0.4 is 4.90 Å². The van der Waals surface area contributed by atoms with Crippen molar-refractivity contribution in [2.24, 2.45) is 5.92 Å². The van der Waals surface area contributed by atoms with Gasteiger partial charge in [0, 0.05) is 30.2 Å². The van der Waals surface area contributed by atoms with Gasteiger partial charge < -0.3 is 14.9 Å². The molecule has 0 radical (unpaired) electrons. The second-order valence-electron chi connectivity index (χ2n) is 4.89. The minimum Gasteiger partial charge on any atom is -0.477 e. The van der Waals surface area contributed by atoms with Crippen molar-refractivity contribution in [3.05, 3.63) is 16.3 Å². The third-order valence-electron chi connectivity index (χ3n) is 3.40. The Labute approximate surface area is 105 Å². The van der Waals surface area contributed by atoms with Crippen LogP contribution in [0.3, 0.4) is 0 Å². The van der Waals surface area contributed by atoms with E-state index >= 15 is 0 Å². The molecule has 0 amide bonds. The van der Waals surface area contributed by atoms with E-state index in [-0.39, 0.29) is 0 Å². The zero-order valence-electron chi connectivity index (χ0n) is 10.4. The summed E-state index contributed by atoms with van der Waals surface area (Å²) in [7, 11) is 4.20. The lowest BCUT2D eigenvalue weighted by molar-refractivity contribution is 0.0702. The van der Waals surface area contributed by atoms with Crippen molar-refractivity contribution in [1.29, 1.82) is 0 Å². The van der Waals surface area contributed by atoms with E-state index in [0.717, 1.165) is 18.8 Å². The molecule has 0 saturated carbocycles. The molecule has 17 heavy (non-hydrogen) atoms. The van der Waals surface area contributed by atoms with Gasteiger partial charge in [0.15, 0.2) is 0 Å². The summed E-state index contributed by atoms with van der Waals surface area (Å²) >= 11 is 1.30. The first-order valence-electron chi connectivity index (χ1n) is 5.72. The summed E-state index contributed by atoms with van der Waals surface area (Å²) in [5, 5.41) is 10.9. The molecule has 4 nitrogen and oxygen atoms in total. The predicted octanol–water partition coefficient (Wildman–Crippen LogP) is 1.83. The minimum absolute atomic E-state index is 0.418. The van der Waals surface area contributed by atoms with Crippen LogP contribution >= 0.6 is 11.3 Å². The average Bonchev–Trinajstić information content (AvgIpc) is 2.82. The Kier molecular flexibility index (Phi) is 3.40.